The van der Waals surface area contributed by atoms with E-state index in [2.05, 4.69) is 5.32 Å². The number of ether oxygens (including phenoxy) is 1. The molecule has 2 N–H and O–H groups in total. The van der Waals surface area contributed by atoms with E-state index in [9.17, 15) is 14.3 Å². The summed E-state index contributed by atoms with van der Waals surface area (Å²) in [5, 5.41) is 12.4. The molecule has 0 saturated carbocycles. The van der Waals surface area contributed by atoms with Crippen LogP contribution >= 0.6 is 0 Å². The fourth-order valence-corrected chi connectivity index (χ4v) is 2.23. The number of amides is 2. The standard InChI is InChI=1S/C15H21FN2O3/c1-11(10-21-14-6-4-12(16)5-7-14)17-15(20)18-8-2-3-13(19)9-18/h4-7,11,13,19H,2-3,8-10H2,1H3,(H,17,20). The number of carbonyl (C=O) groups is 1. The Kier molecular flexibility index (Phi) is 5.38. The SMILES string of the molecule is CC(COc1ccc(F)cc1)NC(=O)N1CCCC(O)C1. The van der Waals surface area contributed by atoms with E-state index in [1.165, 1.54) is 12.1 Å². The van der Waals surface area contributed by atoms with Gasteiger partial charge in [0.05, 0.1) is 12.1 Å². The maximum Gasteiger partial charge on any atom is 0.317 e. The average molecular weight is 296 g/mol. The Labute approximate surface area is 123 Å². The van der Waals surface area contributed by atoms with Gasteiger partial charge in [-0.3, -0.25) is 0 Å². The highest BCUT2D eigenvalue weighted by molar-refractivity contribution is 5.74. The lowest BCUT2D eigenvalue weighted by Crippen LogP contribution is -2.50. The molecule has 2 unspecified atom stereocenters. The normalized spacial score (nSPS) is 20.0. The largest absolute Gasteiger partial charge is 0.491 e. The zero-order valence-electron chi connectivity index (χ0n) is 12.1. The van der Waals surface area contributed by atoms with E-state index in [0.29, 0.717) is 25.4 Å². The molecule has 0 spiro atoms. The lowest BCUT2D eigenvalue weighted by atomic mass is 10.1. The summed E-state index contributed by atoms with van der Waals surface area (Å²) in [4.78, 5) is 13.6. The number of piperidine rings is 1. The minimum Gasteiger partial charge on any atom is -0.491 e. The van der Waals surface area contributed by atoms with Crippen LogP contribution in [-0.2, 0) is 0 Å². The minimum absolute atomic E-state index is 0.179. The van der Waals surface area contributed by atoms with Crippen molar-refractivity contribution in [3.05, 3.63) is 30.1 Å². The first-order valence-electron chi connectivity index (χ1n) is 7.16. The molecule has 1 fully saturated rings. The Morgan fingerprint density at radius 3 is 2.90 bits per heavy atom. The van der Waals surface area contributed by atoms with Gasteiger partial charge in [-0.1, -0.05) is 0 Å². The fourth-order valence-electron chi connectivity index (χ4n) is 2.23. The van der Waals surface area contributed by atoms with Crippen molar-refractivity contribution >= 4 is 6.03 Å². The fraction of sp³-hybridized carbons (Fsp3) is 0.533. The summed E-state index contributed by atoms with van der Waals surface area (Å²) in [6, 6.07) is 5.38. The molecule has 1 aliphatic rings. The highest BCUT2D eigenvalue weighted by Crippen LogP contribution is 2.12. The Bertz CT molecular complexity index is 466. The predicted octanol–water partition coefficient (Wildman–Crippen LogP) is 1.76. The van der Waals surface area contributed by atoms with E-state index >= 15 is 0 Å². The summed E-state index contributed by atoms with van der Waals surface area (Å²) in [5.74, 6) is 0.248. The van der Waals surface area contributed by atoms with Crippen LogP contribution in [0.1, 0.15) is 19.8 Å². The van der Waals surface area contributed by atoms with E-state index < -0.39 is 6.10 Å². The van der Waals surface area contributed by atoms with Crippen molar-refractivity contribution in [3.63, 3.8) is 0 Å². The number of nitrogens with zero attached hydrogens (tertiary/aromatic N) is 1. The maximum atomic E-state index is 12.8. The van der Waals surface area contributed by atoms with E-state index in [1.807, 2.05) is 6.92 Å². The van der Waals surface area contributed by atoms with Gasteiger partial charge < -0.3 is 20.1 Å². The number of aliphatic hydroxyl groups is 1. The zero-order chi connectivity index (χ0) is 15.2. The zero-order valence-corrected chi connectivity index (χ0v) is 12.1. The molecule has 116 valence electrons. The van der Waals surface area contributed by atoms with Gasteiger partial charge in [-0.2, -0.15) is 0 Å². The van der Waals surface area contributed by atoms with Gasteiger partial charge in [0.1, 0.15) is 18.2 Å². The average Bonchev–Trinajstić information content (AvgIpc) is 2.46. The van der Waals surface area contributed by atoms with Crippen molar-refractivity contribution in [1.82, 2.24) is 10.2 Å². The van der Waals surface area contributed by atoms with E-state index in [4.69, 9.17) is 4.74 Å². The second-order valence-corrected chi connectivity index (χ2v) is 5.36. The second kappa shape index (κ2) is 7.26. The predicted molar refractivity (Wildman–Crippen MR) is 76.7 cm³/mol. The van der Waals surface area contributed by atoms with Crippen molar-refractivity contribution in [2.75, 3.05) is 19.7 Å². The third kappa shape index (κ3) is 4.90. The van der Waals surface area contributed by atoms with Crippen molar-refractivity contribution < 1.29 is 19.0 Å². The van der Waals surface area contributed by atoms with Crippen LogP contribution in [0.5, 0.6) is 5.75 Å². The maximum absolute atomic E-state index is 12.8. The molecule has 1 aromatic carbocycles. The number of likely N-dealkylation sites (tertiary alicyclic amines) is 1. The third-order valence-corrected chi connectivity index (χ3v) is 3.37. The number of β-amino-alcohol motifs (C(OH)–C–C–N with tert-alkyl or cyclic N) is 1. The van der Waals surface area contributed by atoms with Gasteiger partial charge in [-0.15, -0.1) is 0 Å². The molecular weight excluding hydrogens is 275 g/mol. The smallest absolute Gasteiger partial charge is 0.317 e. The van der Waals surface area contributed by atoms with Crippen LogP contribution in [-0.4, -0.2) is 47.9 Å². The second-order valence-electron chi connectivity index (χ2n) is 5.36. The number of rotatable bonds is 4. The lowest BCUT2D eigenvalue weighted by Gasteiger charge is -2.31. The monoisotopic (exact) mass is 296 g/mol. The summed E-state index contributed by atoms with van der Waals surface area (Å²) in [7, 11) is 0. The van der Waals surface area contributed by atoms with Crippen LogP contribution in [0.4, 0.5) is 9.18 Å². The molecule has 1 aromatic rings. The van der Waals surface area contributed by atoms with Crippen LogP contribution in [0.25, 0.3) is 0 Å². The van der Waals surface area contributed by atoms with Crippen LogP contribution in [0, 0.1) is 5.82 Å². The number of urea groups is 1. The van der Waals surface area contributed by atoms with Gasteiger partial charge >= 0.3 is 6.03 Å². The van der Waals surface area contributed by atoms with Crippen molar-refractivity contribution in [2.24, 2.45) is 0 Å². The number of carbonyl (C=O) groups excluding carboxylic acids is 1. The molecule has 21 heavy (non-hydrogen) atoms. The topological polar surface area (TPSA) is 61.8 Å². The lowest BCUT2D eigenvalue weighted by molar-refractivity contribution is 0.0827. The first-order valence-corrected chi connectivity index (χ1v) is 7.16. The van der Waals surface area contributed by atoms with Crippen LogP contribution in [0.15, 0.2) is 24.3 Å². The van der Waals surface area contributed by atoms with Crippen LogP contribution in [0.3, 0.4) is 0 Å². The molecule has 0 aliphatic carbocycles. The molecule has 2 rings (SSSR count). The number of benzene rings is 1. The van der Waals surface area contributed by atoms with Gasteiger partial charge in [-0.25, -0.2) is 9.18 Å². The van der Waals surface area contributed by atoms with Gasteiger partial charge in [0.25, 0.3) is 0 Å². The third-order valence-electron chi connectivity index (χ3n) is 3.37. The van der Waals surface area contributed by atoms with Gasteiger partial charge in [0.15, 0.2) is 0 Å². The van der Waals surface area contributed by atoms with Crippen molar-refractivity contribution in [2.45, 2.75) is 31.9 Å². The number of hydrogen-bond acceptors (Lipinski definition) is 3. The number of aliphatic hydroxyl groups excluding tert-OH is 1. The highest BCUT2D eigenvalue weighted by atomic mass is 19.1. The molecule has 0 bridgehead atoms. The van der Waals surface area contributed by atoms with Gasteiger partial charge in [-0.05, 0) is 44.0 Å². The first kappa shape index (κ1) is 15.6. The van der Waals surface area contributed by atoms with Gasteiger partial charge in [0, 0.05) is 13.1 Å². The Hall–Kier alpha value is -1.82. The summed E-state index contributed by atoms with van der Waals surface area (Å²) in [6.07, 6.45) is 1.12. The molecule has 1 aliphatic heterocycles. The van der Waals surface area contributed by atoms with E-state index in [-0.39, 0.29) is 17.9 Å². The molecular formula is C15H21FN2O3. The molecule has 2 atom stereocenters. The summed E-state index contributed by atoms with van der Waals surface area (Å²) in [5.41, 5.74) is 0. The quantitative estimate of drug-likeness (QED) is 0.890. The molecule has 6 heteroatoms. The molecule has 1 heterocycles. The Morgan fingerprint density at radius 1 is 1.52 bits per heavy atom. The Morgan fingerprint density at radius 2 is 2.24 bits per heavy atom. The number of halogens is 1. The van der Waals surface area contributed by atoms with Crippen molar-refractivity contribution in [1.29, 1.82) is 0 Å². The molecule has 5 nitrogen and oxygen atoms in total. The summed E-state index contributed by atoms with van der Waals surface area (Å²) in [6.45, 7) is 3.17. The van der Waals surface area contributed by atoms with Crippen LogP contribution in [0.2, 0.25) is 0 Å². The van der Waals surface area contributed by atoms with Crippen molar-refractivity contribution in [3.8, 4) is 5.75 Å². The first-order chi connectivity index (χ1) is 10.0. The number of hydrogen-bond donors (Lipinski definition) is 2. The number of nitrogens with one attached hydrogen (secondary N) is 1. The van der Waals surface area contributed by atoms with E-state index in [0.717, 1.165) is 12.8 Å². The van der Waals surface area contributed by atoms with Crippen LogP contribution < -0.4 is 10.1 Å². The summed E-state index contributed by atoms with van der Waals surface area (Å²) >= 11 is 0. The minimum atomic E-state index is -0.435. The molecule has 1 saturated heterocycles. The molecule has 2 amide bonds. The van der Waals surface area contributed by atoms with Gasteiger partial charge in [0.2, 0.25) is 0 Å². The summed E-state index contributed by atoms with van der Waals surface area (Å²) < 4.78 is 18.2. The highest BCUT2D eigenvalue weighted by Gasteiger charge is 2.22. The molecule has 0 aromatic heterocycles. The molecule has 0 radical (unpaired) electrons. The van der Waals surface area contributed by atoms with E-state index in [1.54, 1.807) is 17.0 Å². The Balaban J connectivity index is 1.74.